The van der Waals surface area contributed by atoms with Crippen molar-refractivity contribution in [3.05, 3.63) is 0 Å². The van der Waals surface area contributed by atoms with Crippen LogP contribution in [0.3, 0.4) is 0 Å². The van der Waals surface area contributed by atoms with Crippen LogP contribution in [0, 0.1) is 0 Å². The van der Waals surface area contributed by atoms with Crippen LogP contribution in [-0.4, -0.2) is 31.4 Å². The molecule has 1 fully saturated rings. The van der Waals surface area contributed by atoms with Crippen molar-refractivity contribution in [2.75, 3.05) is 0 Å². The maximum atomic E-state index is 6.25. The van der Waals surface area contributed by atoms with Crippen molar-refractivity contribution < 1.29 is 6.15 Å². The second-order valence-corrected chi connectivity index (χ2v) is 14.2. The van der Waals surface area contributed by atoms with E-state index in [1.165, 1.54) is 34.6 Å². The minimum atomic E-state index is -2.59. The predicted molar refractivity (Wildman–Crippen MR) is 66.3 cm³/mol. The van der Waals surface area contributed by atoms with Gasteiger partial charge in [0, 0.05) is 0 Å². The molecule has 0 aliphatic carbocycles. The average molecular weight is 321 g/mol. The van der Waals surface area contributed by atoms with E-state index in [4.69, 9.17) is 6.15 Å². The van der Waals surface area contributed by atoms with Crippen LogP contribution in [0.2, 0.25) is 8.87 Å². The molecule has 0 spiro atoms. The van der Waals surface area contributed by atoms with Crippen molar-refractivity contribution >= 4 is 19.2 Å². The van der Waals surface area contributed by atoms with Gasteiger partial charge in [0.25, 0.3) is 0 Å². The van der Waals surface area contributed by atoms with E-state index in [9.17, 15) is 0 Å². The zero-order valence-corrected chi connectivity index (χ0v) is 13.6. The zero-order valence-electron chi connectivity index (χ0n) is 10.7. The van der Waals surface area contributed by atoms with Crippen LogP contribution in [0.4, 0.5) is 0 Å². The average Bonchev–Trinajstić information content (AvgIpc) is 2.50. The molecule has 1 aliphatic rings. The molecule has 0 aromatic heterocycles. The van der Waals surface area contributed by atoms with Crippen molar-refractivity contribution in [2.24, 2.45) is 0 Å². The van der Waals surface area contributed by atoms with E-state index >= 15 is 0 Å². The fourth-order valence-electron chi connectivity index (χ4n) is 2.15. The molecule has 1 rings (SSSR count). The Kier molecular flexibility index (Phi) is 5.93. The summed E-state index contributed by atoms with van der Waals surface area (Å²) in [6.07, 6.45) is 5.79. The second kappa shape index (κ2) is 6.45. The summed E-state index contributed by atoms with van der Waals surface area (Å²) in [6, 6.07) is 0. The maximum absolute atomic E-state index is 6.25. The molecule has 1 aliphatic heterocycles. The van der Waals surface area contributed by atoms with Crippen LogP contribution in [0.1, 0.15) is 53.4 Å². The molecule has 0 saturated carbocycles. The first-order valence-electron chi connectivity index (χ1n) is 6.49. The molecule has 3 heteroatoms. The molecule has 0 aromatic carbocycles. The van der Waals surface area contributed by atoms with Gasteiger partial charge in [0.1, 0.15) is 0 Å². The summed E-state index contributed by atoms with van der Waals surface area (Å²) in [6.45, 7) is 8.84. The van der Waals surface area contributed by atoms with Gasteiger partial charge in [-0.3, -0.25) is 0 Å². The molecular weight excluding hydrogens is 295 g/mol. The third kappa shape index (κ3) is 3.90. The summed E-state index contributed by atoms with van der Waals surface area (Å²) in [5, 5.41) is 0. The summed E-state index contributed by atoms with van der Waals surface area (Å²) in [5.74, 6) is 0. The van der Waals surface area contributed by atoms with Crippen LogP contribution in [0.25, 0.3) is 0 Å². The van der Waals surface area contributed by atoms with Gasteiger partial charge < -0.3 is 0 Å². The van der Waals surface area contributed by atoms with Gasteiger partial charge in [-0.05, 0) is 0 Å². The zero-order chi connectivity index (χ0) is 11.3. The Bertz CT molecular complexity index is 164. The summed E-state index contributed by atoms with van der Waals surface area (Å²) < 4.78 is 15.0. The van der Waals surface area contributed by atoms with Crippen molar-refractivity contribution in [3.8, 4) is 0 Å². The molecule has 0 amide bonds. The SMILES string of the molecule is CCC[CH2][Sn]1([CH2]CCC)[O][C@@H](C)[C@@H](C)[O]1. The van der Waals surface area contributed by atoms with Crippen LogP contribution >= 0.6 is 0 Å². The molecule has 1 heterocycles. The molecule has 0 unspecified atom stereocenters. The quantitative estimate of drug-likeness (QED) is 0.692. The van der Waals surface area contributed by atoms with Crippen molar-refractivity contribution in [2.45, 2.75) is 74.5 Å². The van der Waals surface area contributed by atoms with E-state index in [0.29, 0.717) is 12.2 Å². The third-order valence-corrected chi connectivity index (χ3v) is 14.2. The summed E-state index contributed by atoms with van der Waals surface area (Å²) >= 11 is -2.59. The van der Waals surface area contributed by atoms with Crippen LogP contribution in [-0.2, 0) is 6.15 Å². The van der Waals surface area contributed by atoms with Crippen LogP contribution in [0.5, 0.6) is 0 Å². The van der Waals surface area contributed by atoms with Crippen molar-refractivity contribution in [1.82, 2.24) is 0 Å². The Morgan fingerprint density at radius 1 is 0.867 bits per heavy atom. The van der Waals surface area contributed by atoms with E-state index in [2.05, 4.69) is 27.7 Å². The Balaban J connectivity index is 2.53. The third-order valence-electron chi connectivity index (χ3n) is 3.28. The number of hydrogen-bond donors (Lipinski definition) is 0. The minimum absolute atomic E-state index is 0.342. The summed E-state index contributed by atoms with van der Waals surface area (Å²) in [4.78, 5) is 0. The van der Waals surface area contributed by atoms with Crippen LogP contribution < -0.4 is 0 Å². The number of hydrogen-bond acceptors (Lipinski definition) is 2. The molecule has 0 aromatic rings. The van der Waals surface area contributed by atoms with Crippen molar-refractivity contribution in [3.63, 3.8) is 0 Å². The number of unbranched alkanes of at least 4 members (excludes halogenated alkanes) is 2. The standard InChI is InChI=1S/C4H8O2.2C4H9.Sn/c1-3(5)4(2)6;2*1-3-4-2;/h3-4H,1-2H3;2*1,3-4H2,2H3;/q-2;;;+2/t3-,4+;;;. The predicted octanol–water partition coefficient (Wildman–Crippen LogP) is 3.85. The fourth-order valence-corrected chi connectivity index (χ4v) is 14.4. The first-order chi connectivity index (χ1) is 7.13. The van der Waals surface area contributed by atoms with Gasteiger partial charge in [-0.15, -0.1) is 0 Å². The molecule has 0 N–H and O–H groups in total. The molecule has 15 heavy (non-hydrogen) atoms. The van der Waals surface area contributed by atoms with E-state index < -0.39 is 19.2 Å². The second-order valence-electron chi connectivity index (χ2n) is 4.76. The molecule has 1 saturated heterocycles. The van der Waals surface area contributed by atoms with Gasteiger partial charge in [0.05, 0.1) is 0 Å². The summed E-state index contributed by atoms with van der Waals surface area (Å²) in [7, 11) is 0. The molecule has 0 radical (unpaired) electrons. The van der Waals surface area contributed by atoms with Gasteiger partial charge in [-0.1, -0.05) is 0 Å². The Hall–Kier alpha value is 0.719. The van der Waals surface area contributed by atoms with Gasteiger partial charge in [-0.25, -0.2) is 0 Å². The van der Waals surface area contributed by atoms with E-state index in [1.54, 1.807) is 0 Å². The van der Waals surface area contributed by atoms with Crippen LogP contribution in [0.15, 0.2) is 0 Å². The van der Waals surface area contributed by atoms with Gasteiger partial charge in [0.15, 0.2) is 0 Å². The molecular formula is C12H26O2Sn. The molecule has 2 nitrogen and oxygen atoms in total. The normalized spacial score (nSPS) is 29.6. The molecule has 90 valence electrons. The molecule has 0 bridgehead atoms. The topological polar surface area (TPSA) is 18.5 Å². The van der Waals surface area contributed by atoms with E-state index in [1.807, 2.05) is 0 Å². The Labute approximate surface area is 99.7 Å². The van der Waals surface area contributed by atoms with Crippen molar-refractivity contribution in [1.29, 1.82) is 0 Å². The van der Waals surface area contributed by atoms with E-state index in [-0.39, 0.29) is 0 Å². The monoisotopic (exact) mass is 322 g/mol. The Morgan fingerprint density at radius 3 is 1.60 bits per heavy atom. The van der Waals surface area contributed by atoms with Gasteiger partial charge in [-0.2, -0.15) is 0 Å². The Morgan fingerprint density at radius 2 is 1.27 bits per heavy atom. The van der Waals surface area contributed by atoms with Gasteiger partial charge in [0.2, 0.25) is 0 Å². The first-order valence-corrected chi connectivity index (χ1v) is 12.9. The first kappa shape index (κ1) is 13.8. The van der Waals surface area contributed by atoms with E-state index in [0.717, 1.165) is 0 Å². The fraction of sp³-hybridized carbons (Fsp3) is 1.00. The molecule has 2 atom stereocenters. The van der Waals surface area contributed by atoms with Gasteiger partial charge >= 0.3 is 99.8 Å². The number of rotatable bonds is 6. The summed E-state index contributed by atoms with van der Waals surface area (Å²) in [5.41, 5.74) is 0.